The Hall–Kier alpha value is -0.620. The lowest BCUT2D eigenvalue weighted by Crippen LogP contribution is -2.04. The molecule has 0 spiro atoms. The standard InChI is InChI=1S/C11H12ClN3S2/c1-7-14-11(17-15-7)16-10-4-2-3-9(12)8(10)5-6-13/h2-4H,5-6,13H2,1H3. The first-order valence-corrected chi connectivity index (χ1v) is 7.13. The minimum Gasteiger partial charge on any atom is -0.330 e. The molecule has 1 aromatic heterocycles. The zero-order valence-electron chi connectivity index (χ0n) is 9.31. The summed E-state index contributed by atoms with van der Waals surface area (Å²) in [5.41, 5.74) is 6.69. The van der Waals surface area contributed by atoms with E-state index in [9.17, 15) is 0 Å². The quantitative estimate of drug-likeness (QED) is 0.937. The van der Waals surface area contributed by atoms with Crippen molar-refractivity contribution < 1.29 is 0 Å². The van der Waals surface area contributed by atoms with Gasteiger partial charge in [-0.05, 0) is 49.1 Å². The molecule has 17 heavy (non-hydrogen) atoms. The number of aromatic nitrogens is 2. The highest BCUT2D eigenvalue weighted by Crippen LogP contribution is 2.34. The first kappa shape index (κ1) is 12.8. The molecular formula is C11H12ClN3S2. The van der Waals surface area contributed by atoms with Crippen LogP contribution in [0.15, 0.2) is 27.4 Å². The van der Waals surface area contributed by atoms with Gasteiger partial charge in [0.2, 0.25) is 0 Å². The second-order valence-electron chi connectivity index (χ2n) is 3.46. The molecule has 1 aromatic carbocycles. The highest BCUT2D eigenvalue weighted by molar-refractivity contribution is 8.01. The minimum absolute atomic E-state index is 0.590. The van der Waals surface area contributed by atoms with Crippen molar-refractivity contribution in [3.63, 3.8) is 0 Å². The maximum absolute atomic E-state index is 6.18. The maximum Gasteiger partial charge on any atom is 0.174 e. The zero-order chi connectivity index (χ0) is 12.3. The molecule has 1 heterocycles. The second-order valence-corrected chi connectivity index (χ2v) is 5.91. The van der Waals surface area contributed by atoms with E-state index in [0.29, 0.717) is 6.54 Å². The SMILES string of the molecule is Cc1nsc(Sc2cccc(Cl)c2CCN)n1. The van der Waals surface area contributed by atoms with E-state index in [1.54, 1.807) is 11.8 Å². The van der Waals surface area contributed by atoms with E-state index in [1.165, 1.54) is 11.5 Å². The lowest BCUT2D eigenvalue weighted by Gasteiger charge is -2.08. The van der Waals surface area contributed by atoms with Gasteiger partial charge in [0.25, 0.3) is 0 Å². The third-order valence-corrected chi connectivity index (χ3v) is 4.48. The van der Waals surface area contributed by atoms with E-state index in [0.717, 1.165) is 32.1 Å². The topological polar surface area (TPSA) is 51.8 Å². The fourth-order valence-electron chi connectivity index (χ4n) is 1.44. The van der Waals surface area contributed by atoms with Crippen LogP contribution in [0.1, 0.15) is 11.4 Å². The van der Waals surface area contributed by atoms with Crippen molar-refractivity contribution in [2.45, 2.75) is 22.6 Å². The Bertz CT molecular complexity index is 513. The fraction of sp³-hybridized carbons (Fsp3) is 0.273. The molecule has 0 atom stereocenters. The Kier molecular flexibility index (Phi) is 4.39. The summed E-state index contributed by atoms with van der Waals surface area (Å²) in [7, 11) is 0. The number of halogens is 1. The Labute approximate surface area is 114 Å². The van der Waals surface area contributed by atoms with Crippen LogP contribution in [-0.2, 0) is 6.42 Å². The Morgan fingerprint density at radius 1 is 1.47 bits per heavy atom. The monoisotopic (exact) mass is 285 g/mol. The van der Waals surface area contributed by atoms with Crippen LogP contribution in [-0.4, -0.2) is 15.9 Å². The molecule has 2 rings (SSSR count). The van der Waals surface area contributed by atoms with E-state index >= 15 is 0 Å². The highest BCUT2D eigenvalue weighted by atomic mass is 35.5. The predicted octanol–water partition coefficient (Wildman–Crippen LogP) is 3.15. The molecule has 90 valence electrons. The number of benzene rings is 1. The van der Waals surface area contributed by atoms with Crippen LogP contribution in [0.5, 0.6) is 0 Å². The number of nitrogens with zero attached hydrogens (tertiary/aromatic N) is 2. The third-order valence-electron chi connectivity index (χ3n) is 2.18. The van der Waals surface area contributed by atoms with Gasteiger partial charge in [-0.1, -0.05) is 29.4 Å². The summed E-state index contributed by atoms with van der Waals surface area (Å²) in [5.74, 6) is 0.805. The molecule has 2 N–H and O–H groups in total. The summed E-state index contributed by atoms with van der Waals surface area (Å²) >= 11 is 9.18. The molecule has 0 radical (unpaired) electrons. The number of rotatable bonds is 4. The van der Waals surface area contributed by atoms with Gasteiger partial charge in [-0.15, -0.1) is 0 Å². The van der Waals surface area contributed by atoms with Crippen molar-refractivity contribution in [3.8, 4) is 0 Å². The van der Waals surface area contributed by atoms with Crippen LogP contribution in [0.4, 0.5) is 0 Å². The number of hydrogen-bond donors (Lipinski definition) is 1. The molecule has 0 saturated carbocycles. The molecule has 3 nitrogen and oxygen atoms in total. The second kappa shape index (κ2) is 5.82. The van der Waals surface area contributed by atoms with Gasteiger partial charge in [-0.2, -0.15) is 4.37 Å². The van der Waals surface area contributed by atoms with Gasteiger partial charge >= 0.3 is 0 Å². The Morgan fingerprint density at radius 3 is 2.94 bits per heavy atom. The van der Waals surface area contributed by atoms with Crippen molar-refractivity contribution in [1.82, 2.24) is 9.36 Å². The molecule has 0 fully saturated rings. The van der Waals surface area contributed by atoms with Crippen molar-refractivity contribution in [2.75, 3.05) is 6.54 Å². The molecule has 0 unspecified atom stereocenters. The van der Waals surface area contributed by atoms with Crippen LogP contribution in [0.3, 0.4) is 0 Å². The lowest BCUT2D eigenvalue weighted by atomic mass is 10.1. The van der Waals surface area contributed by atoms with Crippen molar-refractivity contribution in [1.29, 1.82) is 0 Å². The van der Waals surface area contributed by atoms with Gasteiger partial charge in [0.1, 0.15) is 5.82 Å². The average Bonchev–Trinajstić information content (AvgIpc) is 2.69. The van der Waals surface area contributed by atoms with Crippen LogP contribution >= 0.6 is 34.9 Å². The molecule has 2 aromatic rings. The average molecular weight is 286 g/mol. The summed E-state index contributed by atoms with van der Waals surface area (Å²) in [6.45, 7) is 2.48. The Morgan fingerprint density at radius 2 is 2.29 bits per heavy atom. The molecule has 0 aliphatic rings. The van der Waals surface area contributed by atoms with Gasteiger partial charge in [0.05, 0.1) is 0 Å². The van der Waals surface area contributed by atoms with Crippen LogP contribution < -0.4 is 5.73 Å². The van der Waals surface area contributed by atoms with Crippen LogP contribution in [0.2, 0.25) is 5.02 Å². The predicted molar refractivity (Wildman–Crippen MR) is 73.0 cm³/mol. The van der Waals surface area contributed by atoms with Crippen molar-refractivity contribution in [3.05, 3.63) is 34.6 Å². The fourth-order valence-corrected chi connectivity index (χ4v) is 3.56. The van der Waals surface area contributed by atoms with Gasteiger partial charge in [0.15, 0.2) is 4.34 Å². The first-order valence-electron chi connectivity index (χ1n) is 5.16. The summed E-state index contributed by atoms with van der Waals surface area (Å²) in [4.78, 5) is 5.44. The molecule has 0 amide bonds. The third kappa shape index (κ3) is 3.19. The smallest absolute Gasteiger partial charge is 0.174 e. The highest BCUT2D eigenvalue weighted by Gasteiger charge is 2.10. The lowest BCUT2D eigenvalue weighted by molar-refractivity contribution is 0.944. The minimum atomic E-state index is 0.590. The van der Waals surface area contributed by atoms with Crippen LogP contribution in [0.25, 0.3) is 0 Å². The van der Waals surface area contributed by atoms with E-state index in [-0.39, 0.29) is 0 Å². The summed E-state index contributed by atoms with van der Waals surface area (Å²) < 4.78 is 5.10. The van der Waals surface area contributed by atoms with E-state index in [2.05, 4.69) is 9.36 Å². The van der Waals surface area contributed by atoms with Crippen molar-refractivity contribution in [2.24, 2.45) is 5.73 Å². The van der Waals surface area contributed by atoms with Gasteiger partial charge in [-0.3, -0.25) is 0 Å². The molecule has 0 bridgehead atoms. The number of aryl methyl sites for hydroxylation is 1. The summed E-state index contributed by atoms with van der Waals surface area (Å²) in [6.07, 6.45) is 0.778. The van der Waals surface area contributed by atoms with Crippen molar-refractivity contribution >= 4 is 34.9 Å². The Balaban J connectivity index is 2.28. The van der Waals surface area contributed by atoms with Gasteiger partial charge in [0, 0.05) is 9.92 Å². The maximum atomic E-state index is 6.18. The molecule has 6 heteroatoms. The van der Waals surface area contributed by atoms with E-state index in [4.69, 9.17) is 17.3 Å². The number of hydrogen-bond acceptors (Lipinski definition) is 5. The van der Waals surface area contributed by atoms with E-state index in [1.807, 2.05) is 25.1 Å². The first-order chi connectivity index (χ1) is 8.20. The molecule has 0 aliphatic carbocycles. The number of nitrogens with two attached hydrogens (primary N) is 1. The summed E-state index contributed by atoms with van der Waals surface area (Å²) in [6, 6.07) is 5.87. The van der Waals surface area contributed by atoms with Gasteiger partial charge in [-0.25, -0.2) is 4.98 Å². The zero-order valence-corrected chi connectivity index (χ0v) is 11.7. The van der Waals surface area contributed by atoms with Gasteiger partial charge < -0.3 is 5.73 Å². The largest absolute Gasteiger partial charge is 0.330 e. The molecule has 0 aliphatic heterocycles. The van der Waals surface area contributed by atoms with E-state index < -0.39 is 0 Å². The molecular weight excluding hydrogens is 274 g/mol. The normalized spacial score (nSPS) is 10.8. The van der Waals surface area contributed by atoms with Crippen LogP contribution in [0, 0.1) is 6.92 Å². The summed E-state index contributed by atoms with van der Waals surface area (Å²) in [5, 5.41) is 0.765. The molecule has 0 saturated heterocycles.